The van der Waals surface area contributed by atoms with E-state index in [-0.39, 0.29) is 17.3 Å². The lowest BCUT2D eigenvalue weighted by Crippen LogP contribution is -2.31. The predicted octanol–water partition coefficient (Wildman–Crippen LogP) is 4.36. The van der Waals surface area contributed by atoms with Crippen LogP contribution >= 0.6 is 39.1 Å². The van der Waals surface area contributed by atoms with Gasteiger partial charge in [0.2, 0.25) is 6.04 Å². The number of benzene rings is 1. The van der Waals surface area contributed by atoms with Crippen LogP contribution in [0.4, 0.5) is 0 Å². The van der Waals surface area contributed by atoms with Crippen molar-refractivity contribution < 1.29 is 9.72 Å². The van der Waals surface area contributed by atoms with Gasteiger partial charge in [0, 0.05) is 31.4 Å². The smallest absolute Gasteiger partial charge is 0.224 e. The second-order valence-corrected chi connectivity index (χ2v) is 6.38. The molecule has 0 heterocycles. The molecule has 1 aliphatic carbocycles. The Balaban J connectivity index is 2.45. The zero-order valence-electron chi connectivity index (χ0n) is 10.2. The third-order valence-corrected chi connectivity index (χ3v) is 4.81. The van der Waals surface area contributed by atoms with E-state index >= 15 is 0 Å². The number of allylic oxidation sites excluding steroid dienone is 1. The summed E-state index contributed by atoms with van der Waals surface area (Å²) in [5.41, 5.74) is 1.12. The number of carbonyl (C=O) groups is 1. The maximum Gasteiger partial charge on any atom is 0.224 e. The summed E-state index contributed by atoms with van der Waals surface area (Å²) in [4.78, 5) is 21.9. The number of hydrogen-bond acceptors (Lipinski definition) is 3. The highest BCUT2D eigenvalue weighted by atomic mass is 79.9. The van der Waals surface area contributed by atoms with Crippen LogP contribution in [0.3, 0.4) is 0 Å². The first kappa shape index (κ1) is 15.5. The first-order chi connectivity index (χ1) is 9.43. The number of rotatable bonds is 3. The Labute approximate surface area is 134 Å². The van der Waals surface area contributed by atoms with Gasteiger partial charge in [-0.25, -0.2) is 0 Å². The SMILES string of the molecule is O=CC1=C(Br)C[C@@H](c2ccc(Cl)cc2Cl)[C@H]([N+](=O)[O-])C1. The number of nitro groups is 1. The van der Waals surface area contributed by atoms with Crippen LogP contribution in [0.2, 0.25) is 10.0 Å². The van der Waals surface area contributed by atoms with Gasteiger partial charge in [-0.3, -0.25) is 14.9 Å². The van der Waals surface area contributed by atoms with Crippen molar-refractivity contribution in [2.24, 2.45) is 0 Å². The molecule has 0 aliphatic heterocycles. The minimum absolute atomic E-state index is 0.0979. The first-order valence-electron chi connectivity index (χ1n) is 5.85. The molecule has 20 heavy (non-hydrogen) atoms. The standard InChI is InChI=1S/C13H10BrCl2NO3/c14-11-5-10(9-2-1-8(15)4-12(9)16)13(17(19)20)3-7(11)6-18/h1-2,4,6,10,13H,3,5H2/t10-,13+/m0/s1. The number of halogens is 3. The molecule has 0 fully saturated rings. The second kappa shape index (κ2) is 6.24. The molecule has 2 rings (SSSR count). The molecule has 0 saturated carbocycles. The summed E-state index contributed by atoms with van der Waals surface area (Å²) >= 11 is 15.3. The Morgan fingerprint density at radius 3 is 2.60 bits per heavy atom. The molecule has 106 valence electrons. The van der Waals surface area contributed by atoms with Gasteiger partial charge in [-0.1, -0.05) is 45.2 Å². The molecule has 2 atom stereocenters. The number of nitrogens with zero attached hydrogens (tertiary/aromatic N) is 1. The van der Waals surface area contributed by atoms with Gasteiger partial charge in [0.05, 0.1) is 5.92 Å². The maximum absolute atomic E-state index is 11.3. The van der Waals surface area contributed by atoms with Gasteiger partial charge < -0.3 is 0 Å². The van der Waals surface area contributed by atoms with E-state index in [0.29, 0.717) is 38.4 Å². The number of carbonyl (C=O) groups excluding carboxylic acids is 1. The fourth-order valence-electron chi connectivity index (χ4n) is 2.39. The molecule has 0 radical (unpaired) electrons. The van der Waals surface area contributed by atoms with Crippen LogP contribution in [0.1, 0.15) is 24.3 Å². The summed E-state index contributed by atoms with van der Waals surface area (Å²) in [6.07, 6.45) is 1.14. The first-order valence-corrected chi connectivity index (χ1v) is 7.40. The van der Waals surface area contributed by atoms with Crippen LogP contribution < -0.4 is 0 Å². The summed E-state index contributed by atoms with van der Waals surface area (Å²) in [6, 6.07) is 4.07. The van der Waals surface area contributed by atoms with Gasteiger partial charge in [0.15, 0.2) is 0 Å². The van der Waals surface area contributed by atoms with E-state index in [0.717, 1.165) is 0 Å². The molecule has 7 heteroatoms. The fraction of sp³-hybridized carbons (Fsp3) is 0.308. The average Bonchev–Trinajstić information content (AvgIpc) is 2.38. The molecule has 0 saturated heterocycles. The molecule has 0 amide bonds. The van der Waals surface area contributed by atoms with Gasteiger partial charge in [0.1, 0.15) is 6.29 Å². The molecule has 1 aliphatic rings. The lowest BCUT2D eigenvalue weighted by molar-refractivity contribution is -0.526. The second-order valence-electron chi connectivity index (χ2n) is 4.58. The van der Waals surface area contributed by atoms with E-state index in [1.54, 1.807) is 18.2 Å². The molecular formula is C13H10BrCl2NO3. The van der Waals surface area contributed by atoms with Crippen LogP contribution in [0.5, 0.6) is 0 Å². The Bertz CT molecular complexity index is 603. The molecule has 0 unspecified atom stereocenters. The van der Waals surface area contributed by atoms with Crippen molar-refractivity contribution in [3.8, 4) is 0 Å². The van der Waals surface area contributed by atoms with Gasteiger partial charge >= 0.3 is 0 Å². The van der Waals surface area contributed by atoms with Crippen LogP contribution in [0, 0.1) is 10.1 Å². The number of aldehydes is 1. The van der Waals surface area contributed by atoms with Crippen LogP contribution in [-0.2, 0) is 4.79 Å². The van der Waals surface area contributed by atoms with E-state index < -0.39 is 6.04 Å². The Hall–Kier alpha value is -0.910. The largest absolute Gasteiger partial charge is 0.298 e. The van der Waals surface area contributed by atoms with Crippen molar-refractivity contribution in [3.63, 3.8) is 0 Å². The van der Waals surface area contributed by atoms with Crippen molar-refractivity contribution in [3.05, 3.63) is 54.0 Å². The quantitative estimate of drug-likeness (QED) is 0.446. The third-order valence-electron chi connectivity index (χ3n) is 3.42. The lowest BCUT2D eigenvalue weighted by atomic mass is 9.81. The molecule has 1 aromatic rings. The minimum Gasteiger partial charge on any atom is -0.298 e. The summed E-state index contributed by atoms with van der Waals surface area (Å²) in [7, 11) is 0. The lowest BCUT2D eigenvalue weighted by Gasteiger charge is -2.27. The van der Waals surface area contributed by atoms with Gasteiger partial charge in [0.25, 0.3) is 0 Å². The highest BCUT2D eigenvalue weighted by molar-refractivity contribution is 9.11. The monoisotopic (exact) mass is 377 g/mol. The van der Waals surface area contributed by atoms with E-state index in [1.165, 1.54) is 0 Å². The summed E-state index contributed by atoms with van der Waals surface area (Å²) < 4.78 is 0.696. The molecule has 4 nitrogen and oxygen atoms in total. The maximum atomic E-state index is 11.3. The van der Waals surface area contributed by atoms with Crippen molar-refractivity contribution >= 4 is 45.4 Å². The predicted molar refractivity (Wildman–Crippen MR) is 81.2 cm³/mol. The summed E-state index contributed by atoms with van der Waals surface area (Å²) in [5.74, 6) is -0.382. The van der Waals surface area contributed by atoms with Gasteiger partial charge in [-0.05, 0) is 24.1 Å². The highest BCUT2D eigenvalue weighted by Crippen LogP contribution is 2.42. The minimum atomic E-state index is -0.866. The molecule has 0 N–H and O–H groups in total. The number of hydrogen-bond donors (Lipinski definition) is 0. The Morgan fingerprint density at radius 1 is 1.35 bits per heavy atom. The molecular weight excluding hydrogens is 369 g/mol. The van der Waals surface area contributed by atoms with Crippen molar-refractivity contribution in [2.75, 3.05) is 0 Å². The summed E-state index contributed by atoms with van der Waals surface area (Å²) in [5, 5.41) is 12.2. The zero-order valence-corrected chi connectivity index (χ0v) is 13.3. The van der Waals surface area contributed by atoms with E-state index in [9.17, 15) is 14.9 Å². The average molecular weight is 379 g/mol. The van der Waals surface area contributed by atoms with Gasteiger partial charge in [-0.2, -0.15) is 0 Å². The van der Waals surface area contributed by atoms with Crippen molar-refractivity contribution in [1.29, 1.82) is 0 Å². The van der Waals surface area contributed by atoms with E-state index in [4.69, 9.17) is 23.2 Å². The molecule has 0 aromatic heterocycles. The van der Waals surface area contributed by atoms with Crippen LogP contribution in [0.15, 0.2) is 28.3 Å². The molecule has 0 spiro atoms. The Morgan fingerprint density at radius 2 is 2.05 bits per heavy atom. The highest BCUT2D eigenvalue weighted by Gasteiger charge is 2.39. The van der Waals surface area contributed by atoms with Crippen LogP contribution in [-0.4, -0.2) is 17.3 Å². The fourth-order valence-corrected chi connectivity index (χ4v) is 3.54. The van der Waals surface area contributed by atoms with E-state index in [2.05, 4.69) is 15.9 Å². The van der Waals surface area contributed by atoms with Gasteiger partial charge in [-0.15, -0.1) is 0 Å². The van der Waals surface area contributed by atoms with Crippen molar-refractivity contribution in [1.82, 2.24) is 0 Å². The molecule has 0 bridgehead atoms. The molecule has 1 aromatic carbocycles. The summed E-state index contributed by atoms with van der Waals surface area (Å²) in [6.45, 7) is 0. The van der Waals surface area contributed by atoms with Crippen LogP contribution in [0.25, 0.3) is 0 Å². The van der Waals surface area contributed by atoms with E-state index in [1.807, 2.05) is 0 Å². The topological polar surface area (TPSA) is 60.2 Å². The Kier molecular flexibility index (Phi) is 4.83. The van der Waals surface area contributed by atoms with Crippen molar-refractivity contribution in [2.45, 2.75) is 24.8 Å². The normalized spacial score (nSPS) is 22.8. The zero-order chi connectivity index (χ0) is 14.9. The third kappa shape index (κ3) is 3.05.